The van der Waals surface area contributed by atoms with E-state index >= 15 is 4.39 Å². The lowest BCUT2D eigenvalue weighted by atomic mass is 9.55. The first-order chi connectivity index (χ1) is 17.5. The number of likely N-dealkylation sites (tertiary alicyclic amines) is 1. The Morgan fingerprint density at radius 1 is 1.08 bits per heavy atom. The van der Waals surface area contributed by atoms with E-state index in [2.05, 4.69) is 27.7 Å². The molecule has 1 aliphatic heterocycles. The number of ether oxygens (including phenoxy) is 1. The molecule has 1 aromatic carbocycles. The molecule has 0 radical (unpaired) electrons. The molecule has 6 heteroatoms. The summed E-state index contributed by atoms with van der Waals surface area (Å²) in [5.74, 6) is 1.02. The van der Waals surface area contributed by atoms with Crippen LogP contribution in [0.5, 0.6) is 5.75 Å². The molecule has 4 saturated carbocycles. The first-order valence-electron chi connectivity index (χ1n) is 14.5. The Kier molecular flexibility index (Phi) is 5.93. The fourth-order valence-electron chi connectivity index (χ4n) is 9.38. The highest BCUT2D eigenvalue weighted by atomic mass is 19.1. The zero-order chi connectivity index (χ0) is 26.3. The third-order valence-corrected chi connectivity index (χ3v) is 10.5. The second kappa shape index (κ2) is 8.71. The number of fused-ring (bicyclic) bond motifs is 3. The van der Waals surface area contributed by atoms with Crippen LogP contribution in [0.1, 0.15) is 101 Å². The molecule has 1 amide bonds. The third kappa shape index (κ3) is 4.36. The number of hydrogen-bond donors (Lipinski definition) is 1. The summed E-state index contributed by atoms with van der Waals surface area (Å²) in [4.78, 5) is 27.3. The van der Waals surface area contributed by atoms with Crippen LogP contribution >= 0.6 is 0 Å². The van der Waals surface area contributed by atoms with Gasteiger partial charge in [-0.1, -0.05) is 27.7 Å². The van der Waals surface area contributed by atoms with Crippen molar-refractivity contribution in [3.05, 3.63) is 29.1 Å². The Hall–Kier alpha value is -2.11. The van der Waals surface area contributed by atoms with Crippen LogP contribution in [0.15, 0.2) is 12.1 Å². The highest BCUT2D eigenvalue weighted by molar-refractivity contribution is 5.98. The number of nitrogens with zero attached hydrogens (tertiary/aromatic N) is 1. The van der Waals surface area contributed by atoms with Crippen LogP contribution in [0.4, 0.5) is 4.39 Å². The maximum absolute atomic E-state index is 15.6. The smallest absolute Gasteiger partial charge is 0.326 e. The molecular formula is C31H42FNO4. The van der Waals surface area contributed by atoms with E-state index in [1.807, 2.05) is 0 Å². The van der Waals surface area contributed by atoms with Crippen LogP contribution in [-0.2, 0) is 4.79 Å². The number of rotatable bonds is 6. The van der Waals surface area contributed by atoms with Gasteiger partial charge >= 0.3 is 5.97 Å². The summed E-state index contributed by atoms with van der Waals surface area (Å²) in [6.45, 7) is 9.83. The summed E-state index contributed by atoms with van der Waals surface area (Å²) in [6.07, 6.45) is 9.05. The average Bonchev–Trinajstić information content (AvgIpc) is 3.57. The summed E-state index contributed by atoms with van der Waals surface area (Å²) >= 11 is 0. The van der Waals surface area contributed by atoms with E-state index in [4.69, 9.17) is 4.74 Å². The van der Waals surface area contributed by atoms with Gasteiger partial charge in [-0.3, -0.25) is 4.79 Å². The SMILES string of the molecule is CC1CC2CC(C)CC(COc3cc(F)c(C(=O)N4C[C@@H]5CC(C)(C)[C@@H]5[C@H]4C(=O)O)cc3C3CC3)(C1)C2. The van der Waals surface area contributed by atoms with Gasteiger partial charge in [0.05, 0.1) is 12.2 Å². The normalized spacial score (nSPS) is 38.0. The zero-order valence-corrected chi connectivity index (χ0v) is 22.8. The zero-order valence-electron chi connectivity index (χ0n) is 22.8. The molecule has 5 fully saturated rings. The fourth-order valence-corrected chi connectivity index (χ4v) is 9.38. The lowest BCUT2D eigenvalue weighted by Gasteiger charge is -2.49. The molecule has 0 aromatic heterocycles. The monoisotopic (exact) mass is 511 g/mol. The second-order valence-corrected chi connectivity index (χ2v) is 14.3. The van der Waals surface area contributed by atoms with Crippen LogP contribution in [0.2, 0.25) is 0 Å². The molecule has 1 heterocycles. The van der Waals surface area contributed by atoms with Crippen molar-refractivity contribution in [1.29, 1.82) is 0 Å². The van der Waals surface area contributed by atoms with E-state index in [-0.39, 0.29) is 34.1 Å². The average molecular weight is 512 g/mol. The van der Waals surface area contributed by atoms with Crippen molar-refractivity contribution in [2.75, 3.05) is 13.2 Å². The summed E-state index contributed by atoms with van der Waals surface area (Å²) in [7, 11) is 0. The summed E-state index contributed by atoms with van der Waals surface area (Å²) < 4.78 is 22.0. The van der Waals surface area contributed by atoms with Crippen molar-refractivity contribution >= 4 is 11.9 Å². The molecule has 1 aromatic rings. The molecule has 1 saturated heterocycles. The van der Waals surface area contributed by atoms with Crippen molar-refractivity contribution in [2.45, 2.75) is 91.0 Å². The van der Waals surface area contributed by atoms with Crippen molar-refractivity contribution < 1.29 is 23.8 Å². The minimum Gasteiger partial charge on any atom is -0.493 e. The molecule has 5 atom stereocenters. The number of carboxylic acids is 1. The first kappa shape index (κ1) is 25.2. The molecule has 2 bridgehead atoms. The first-order valence-corrected chi connectivity index (χ1v) is 14.5. The Morgan fingerprint density at radius 3 is 2.35 bits per heavy atom. The minimum atomic E-state index is -0.989. The van der Waals surface area contributed by atoms with Crippen LogP contribution < -0.4 is 4.74 Å². The summed E-state index contributed by atoms with van der Waals surface area (Å²) in [6, 6.07) is 2.20. The number of carboxylic acid groups (broad SMARTS) is 1. The van der Waals surface area contributed by atoms with Gasteiger partial charge in [0.1, 0.15) is 17.6 Å². The molecular weight excluding hydrogens is 469 g/mol. The number of amides is 1. The summed E-state index contributed by atoms with van der Waals surface area (Å²) in [5, 5.41) is 9.99. The molecule has 5 aliphatic rings. The number of benzene rings is 1. The Labute approximate surface area is 220 Å². The summed E-state index contributed by atoms with van der Waals surface area (Å²) in [5.41, 5.74) is 0.946. The van der Waals surface area contributed by atoms with E-state index in [1.54, 1.807) is 6.07 Å². The molecule has 0 spiro atoms. The number of hydrogen-bond acceptors (Lipinski definition) is 3. The van der Waals surface area contributed by atoms with Crippen molar-refractivity contribution in [2.24, 2.45) is 40.4 Å². The quantitative estimate of drug-likeness (QED) is 0.473. The molecule has 4 aliphatic carbocycles. The lowest BCUT2D eigenvalue weighted by Crippen LogP contribution is -2.51. The van der Waals surface area contributed by atoms with Crippen LogP contribution in [0.3, 0.4) is 0 Å². The van der Waals surface area contributed by atoms with Crippen LogP contribution in [0, 0.1) is 46.2 Å². The van der Waals surface area contributed by atoms with E-state index < -0.39 is 23.7 Å². The van der Waals surface area contributed by atoms with Crippen molar-refractivity contribution in [3.63, 3.8) is 0 Å². The van der Waals surface area contributed by atoms with Gasteiger partial charge in [0.2, 0.25) is 0 Å². The number of carbonyl (C=O) groups excluding carboxylic acids is 1. The Balaban J connectivity index is 1.25. The van der Waals surface area contributed by atoms with Gasteiger partial charge < -0.3 is 14.7 Å². The van der Waals surface area contributed by atoms with Crippen LogP contribution in [0.25, 0.3) is 0 Å². The maximum Gasteiger partial charge on any atom is 0.326 e. The maximum atomic E-state index is 15.6. The van der Waals surface area contributed by atoms with Gasteiger partial charge in [0.25, 0.3) is 5.91 Å². The predicted molar refractivity (Wildman–Crippen MR) is 139 cm³/mol. The lowest BCUT2D eigenvalue weighted by molar-refractivity contribution is -0.146. The van der Waals surface area contributed by atoms with Gasteiger partial charge in [0.15, 0.2) is 0 Å². The van der Waals surface area contributed by atoms with Gasteiger partial charge in [-0.05, 0) is 104 Å². The fraction of sp³-hybridized carbons (Fsp3) is 0.742. The highest BCUT2D eigenvalue weighted by Gasteiger charge is 2.61. The topological polar surface area (TPSA) is 66.8 Å². The van der Waals surface area contributed by atoms with E-state index in [0.717, 1.165) is 43.6 Å². The van der Waals surface area contributed by atoms with E-state index in [1.165, 1.54) is 30.2 Å². The van der Waals surface area contributed by atoms with E-state index in [9.17, 15) is 14.7 Å². The molecule has 6 rings (SSSR count). The number of halogens is 1. The molecule has 37 heavy (non-hydrogen) atoms. The van der Waals surface area contributed by atoms with E-state index in [0.29, 0.717) is 30.7 Å². The second-order valence-electron chi connectivity index (χ2n) is 14.3. The Morgan fingerprint density at radius 2 is 1.76 bits per heavy atom. The van der Waals surface area contributed by atoms with Gasteiger partial charge in [-0.15, -0.1) is 0 Å². The van der Waals surface area contributed by atoms with Crippen molar-refractivity contribution in [1.82, 2.24) is 4.90 Å². The standard InChI is InChI=1S/C31H42FNO4/c1-17-7-19-8-18(2)12-31(11-17,13-19)16-37-25-10-24(32)23(9-22(25)20-5-6-20)28(34)33-15-21-14-30(3,4)26(21)27(33)29(35)36/h9-10,17-21,26-27H,5-8,11-16H2,1-4H3,(H,35,36)/t17?,18?,19?,21-,26-,27-,31?/m0/s1. The van der Waals surface area contributed by atoms with Gasteiger partial charge in [-0.2, -0.15) is 0 Å². The minimum absolute atomic E-state index is 0.00425. The predicted octanol–water partition coefficient (Wildman–Crippen LogP) is 6.51. The Bertz CT molecular complexity index is 1090. The van der Waals surface area contributed by atoms with Gasteiger partial charge in [-0.25, -0.2) is 9.18 Å². The van der Waals surface area contributed by atoms with Crippen LogP contribution in [-0.4, -0.2) is 41.1 Å². The number of carbonyl (C=O) groups is 2. The molecule has 202 valence electrons. The number of aliphatic carboxylic acids is 1. The molecule has 5 nitrogen and oxygen atoms in total. The largest absolute Gasteiger partial charge is 0.493 e. The molecule has 1 N–H and O–H groups in total. The molecule has 2 unspecified atom stereocenters. The third-order valence-electron chi connectivity index (χ3n) is 10.5. The highest BCUT2D eigenvalue weighted by Crippen LogP contribution is 2.58. The van der Waals surface area contributed by atoms with Gasteiger partial charge in [0, 0.05) is 18.0 Å². The van der Waals surface area contributed by atoms with Crippen molar-refractivity contribution in [3.8, 4) is 5.75 Å².